The van der Waals surface area contributed by atoms with Crippen molar-refractivity contribution in [3.05, 3.63) is 0 Å². The highest BCUT2D eigenvalue weighted by molar-refractivity contribution is 5.13. The van der Waals surface area contributed by atoms with E-state index in [1.165, 1.54) is 19.3 Å². The average molecular weight is 225 g/mol. The van der Waals surface area contributed by atoms with Crippen molar-refractivity contribution >= 4 is 0 Å². The van der Waals surface area contributed by atoms with Crippen molar-refractivity contribution < 1.29 is 9.47 Å². The Labute approximate surface area is 97.7 Å². The van der Waals surface area contributed by atoms with Gasteiger partial charge in [-0.2, -0.15) is 0 Å². The van der Waals surface area contributed by atoms with E-state index in [1.54, 1.807) is 14.2 Å². The molecule has 3 saturated carbocycles. The quantitative estimate of drug-likeness (QED) is 0.775. The van der Waals surface area contributed by atoms with Gasteiger partial charge in [0.15, 0.2) is 0 Å². The molecule has 6 atom stereocenters. The molecule has 16 heavy (non-hydrogen) atoms. The lowest BCUT2D eigenvalue weighted by molar-refractivity contribution is -0.0157. The van der Waals surface area contributed by atoms with Crippen LogP contribution >= 0.6 is 0 Å². The number of ether oxygens (including phenoxy) is 2. The molecule has 0 amide bonds. The van der Waals surface area contributed by atoms with Crippen LogP contribution in [0.25, 0.3) is 0 Å². The van der Waals surface area contributed by atoms with E-state index in [1.807, 2.05) is 0 Å². The van der Waals surface area contributed by atoms with Gasteiger partial charge in [-0.1, -0.05) is 0 Å². The molecule has 0 aliphatic heterocycles. The Bertz CT molecular complexity index is 265. The van der Waals surface area contributed by atoms with E-state index < -0.39 is 0 Å². The molecule has 2 N–H and O–H groups in total. The second-order valence-corrected chi connectivity index (χ2v) is 5.99. The lowest BCUT2D eigenvalue weighted by atomic mass is 9.69. The third kappa shape index (κ3) is 1.25. The third-order valence-electron chi connectivity index (χ3n) is 5.64. The molecule has 2 bridgehead atoms. The van der Waals surface area contributed by atoms with Crippen LogP contribution in [0, 0.1) is 17.3 Å². The fourth-order valence-corrected chi connectivity index (χ4v) is 4.78. The van der Waals surface area contributed by atoms with Crippen LogP contribution in [0.15, 0.2) is 0 Å². The third-order valence-corrected chi connectivity index (χ3v) is 5.64. The van der Waals surface area contributed by atoms with Gasteiger partial charge in [0.05, 0.1) is 12.2 Å². The lowest BCUT2D eigenvalue weighted by Gasteiger charge is -2.39. The topological polar surface area (TPSA) is 44.5 Å². The molecule has 92 valence electrons. The highest BCUT2D eigenvalue weighted by atomic mass is 16.5. The van der Waals surface area contributed by atoms with E-state index in [2.05, 4.69) is 0 Å². The smallest absolute Gasteiger partial charge is 0.0838 e. The summed E-state index contributed by atoms with van der Waals surface area (Å²) in [5, 5.41) is 0. The molecule has 3 fully saturated rings. The predicted octanol–water partition coefficient (Wildman–Crippen LogP) is 1.55. The molecule has 0 aromatic carbocycles. The first-order valence-electron chi connectivity index (χ1n) is 6.52. The molecule has 3 aliphatic carbocycles. The van der Waals surface area contributed by atoms with Crippen LogP contribution in [0.1, 0.15) is 32.1 Å². The predicted molar refractivity (Wildman–Crippen MR) is 62.1 cm³/mol. The second kappa shape index (κ2) is 3.69. The van der Waals surface area contributed by atoms with Crippen molar-refractivity contribution in [2.24, 2.45) is 23.0 Å². The van der Waals surface area contributed by atoms with Gasteiger partial charge in [0.1, 0.15) is 0 Å². The summed E-state index contributed by atoms with van der Waals surface area (Å²) in [6, 6.07) is 0.393. The summed E-state index contributed by atoms with van der Waals surface area (Å²) in [5.74, 6) is 1.61. The minimum Gasteiger partial charge on any atom is -0.379 e. The van der Waals surface area contributed by atoms with Gasteiger partial charge in [0.25, 0.3) is 0 Å². The maximum Gasteiger partial charge on any atom is 0.0838 e. The maximum atomic E-state index is 6.48. The summed E-state index contributed by atoms with van der Waals surface area (Å²) in [6.45, 7) is 0. The molecule has 0 aromatic heterocycles. The molecule has 3 nitrogen and oxygen atoms in total. The van der Waals surface area contributed by atoms with Crippen LogP contribution in [-0.4, -0.2) is 32.5 Å². The zero-order valence-electron chi connectivity index (χ0n) is 10.3. The molecule has 0 heterocycles. The molecular formula is C13H23NO2. The monoisotopic (exact) mass is 225 g/mol. The highest BCUT2D eigenvalue weighted by Gasteiger charge is 2.61. The van der Waals surface area contributed by atoms with E-state index in [4.69, 9.17) is 15.2 Å². The molecule has 0 saturated heterocycles. The first kappa shape index (κ1) is 11.0. The number of fused-ring (bicyclic) bond motifs is 3. The molecule has 1 spiro atoms. The Morgan fingerprint density at radius 1 is 1.06 bits per heavy atom. The van der Waals surface area contributed by atoms with Crippen molar-refractivity contribution in [2.45, 2.75) is 50.4 Å². The van der Waals surface area contributed by atoms with E-state index in [0.717, 1.165) is 24.7 Å². The van der Waals surface area contributed by atoms with E-state index in [-0.39, 0.29) is 12.2 Å². The molecule has 3 rings (SSSR count). The Morgan fingerprint density at radius 3 is 2.12 bits per heavy atom. The van der Waals surface area contributed by atoms with Crippen LogP contribution < -0.4 is 5.73 Å². The van der Waals surface area contributed by atoms with Gasteiger partial charge < -0.3 is 15.2 Å². The number of methoxy groups -OCH3 is 2. The van der Waals surface area contributed by atoms with Crippen molar-refractivity contribution in [2.75, 3.05) is 14.2 Å². The van der Waals surface area contributed by atoms with Crippen LogP contribution in [-0.2, 0) is 9.47 Å². The minimum absolute atomic E-state index is 0.260. The standard InChI is InChI=1S/C13H23NO2/c1-15-10-6-13(7-11(10)16-2)9-4-3-8(5-9)12(13)14/h8-12H,3-7,14H2,1-2H3/t8?,9-,10-,11?,12+,13?/m1/s1. The van der Waals surface area contributed by atoms with E-state index in [0.29, 0.717) is 11.5 Å². The van der Waals surface area contributed by atoms with Gasteiger partial charge in [-0.25, -0.2) is 0 Å². The van der Waals surface area contributed by atoms with Crippen molar-refractivity contribution in [1.82, 2.24) is 0 Å². The first-order valence-corrected chi connectivity index (χ1v) is 6.52. The molecular weight excluding hydrogens is 202 g/mol. The van der Waals surface area contributed by atoms with E-state index >= 15 is 0 Å². The summed E-state index contributed by atoms with van der Waals surface area (Å²) in [7, 11) is 3.60. The van der Waals surface area contributed by atoms with Crippen molar-refractivity contribution in [1.29, 1.82) is 0 Å². The Balaban J connectivity index is 1.85. The Morgan fingerprint density at radius 2 is 1.69 bits per heavy atom. The largest absolute Gasteiger partial charge is 0.379 e. The Kier molecular flexibility index (Phi) is 2.54. The maximum absolute atomic E-state index is 6.48. The normalized spacial score (nSPS) is 55.3. The molecule has 3 aliphatic rings. The average Bonchev–Trinajstić information content (AvgIpc) is 2.97. The molecule has 0 radical (unpaired) electrons. The Hall–Kier alpha value is -0.120. The zero-order valence-corrected chi connectivity index (χ0v) is 10.3. The number of hydrogen-bond donors (Lipinski definition) is 1. The highest BCUT2D eigenvalue weighted by Crippen LogP contribution is 2.62. The second-order valence-electron chi connectivity index (χ2n) is 5.99. The summed E-state index contributed by atoms with van der Waals surface area (Å²) in [4.78, 5) is 0. The number of nitrogens with two attached hydrogens (primary N) is 1. The molecule has 0 aromatic rings. The van der Waals surface area contributed by atoms with Crippen LogP contribution in [0.5, 0.6) is 0 Å². The summed E-state index contributed by atoms with van der Waals surface area (Å²) >= 11 is 0. The van der Waals surface area contributed by atoms with Crippen LogP contribution in [0.4, 0.5) is 0 Å². The minimum atomic E-state index is 0.260. The van der Waals surface area contributed by atoms with Crippen LogP contribution in [0.2, 0.25) is 0 Å². The summed E-state index contributed by atoms with van der Waals surface area (Å²) in [6.07, 6.45) is 6.84. The summed E-state index contributed by atoms with van der Waals surface area (Å²) in [5.41, 5.74) is 6.82. The van der Waals surface area contributed by atoms with Gasteiger partial charge in [-0.05, 0) is 49.4 Å². The fourth-order valence-electron chi connectivity index (χ4n) is 4.78. The number of hydrogen-bond acceptors (Lipinski definition) is 3. The zero-order chi connectivity index (χ0) is 11.3. The van der Waals surface area contributed by atoms with E-state index in [9.17, 15) is 0 Å². The fraction of sp³-hybridized carbons (Fsp3) is 1.00. The molecule has 3 unspecified atom stereocenters. The van der Waals surface area contributed by atoms with Gasteiger partial charge in [-0.15, -0.1) is 0 Å². The first-order chi connectivity index (χ1) is 7.71. The van der Waals surface area contributed by atoms with Crippen molar-refractivity contribution in [3.8, 4) is 0 Å². The van der Waals surface area contributed by atoms with Gasteiger partial charge in [0.2, 0.25) is 0 Å². The SMILES string of the molecule is COC1CC2(C[C@H]1OC)[C@@H]1CCC(C1)[C@@H]2N. The number of rotatable bonds is 2. The van der Waals surface area contributed by atoms with Gasteiger partial charge >= 0.3 is 0 Å². The molecule has 3 heteroatoms. The van der Waals surface area contributed by atoms with Gasteiger partial charge in [-0.3, -0.25) is 0 Å². The van der Waals surface area contributed by atoms with Gasteiger partial charge in [0, 0.05) is 20.3 Å². The lowest BCUT2D eigenvalue weighted by Crippen LogP contribution is -2.45. The summed E-state index contributed by atoms with van der Waals surface area (Å²) < 4.78 is 11.2. The van der Waals surface area contributed by atoms with Crippen LogP contribution in [0.3, 0.4) is 0 Å². The van der Waals surface area contributed by atoms with Crippen molar-refractivity contribution in [3.63, 3.8) is 0 Å².